The minimum atomic E-state index is -4.76. The van der Waals surface area contributed by atoms with Crippen molar-refractivity contribution in [2.24, 2.45) is 0 Å². The van der Waals surface area contributed by atoms with E-state index in [4.69, 9.17) is 0 Å². The fraction of sp³-hybridized carbons (Fsp3) is 0.226. The molecule has 0 aromatic heterocycles. The lowest BCUT2D eigenvalue weighted by Gasteiger charge is -2.13. The molecular weight excluding hydrogens is 540 g/mol. The quantitative estimate of drug-likeness (QED) is 0.145. The average molecular weight is 565 g/mol. The number of allylic oxidation sites excluding steroid dienone is 2. The summed E-state index contributed by atoms with van der Waals surface area (Å²) in [4.78, 5) is 0. The summed E-state index contributed by atoms with van der Waals surface area (Å²) >= 11 is 0. The number of halogens is 8. The lowest BCUT2D eigenvalue weighted by atomic mass is 9.95. The van der Waals surface area contributed by atoms with E-state index in [1.54, 1.807) is 6.07 Å². The van der Waals surface area contributed by atoms with Gasteiger partial charge in [0, 0.05) is 5.39 Å². The molecule has 0 aliphatic carbocycles. The van der Waals surface area contributed by atoms with Crippen LogP contribution >= 0.6 is 0 Å². The van der Waals surface area contributed by atoms with Crippen LogP contribution in [0.3, 0.4) is 0 Å². The number of hydrogen-bond donors (Lipinski definition) is 0. The Kier molecular flexibility index (Phi) is 8.81. The first-order valence-electron chi connectivity index (χ1n) is 12.4. The van der Waals surface area contributed by atoms with Gasteiger partial charge in [0.1, 0.15) is 17.5 Å². The van der Waals surface area contributed by atoms with Crippen LogP contribution in [0.2, 0.25) is 0 Å². The predicted octanol–water partition coefficient (Wildman–Crippen LogP) is 9.44. The first-order chi connectivity index (χ1) is 19.0. The third kappa shape index (κ3) is 6.81. The number of aryl methyl sites for hydroxylation is 3. The molecule has 210 valence electrons. The van der Waals surface area contributed by atoms with Gasteiger partial charge in [-0.1, -0.05) is 36.4 Å². The molecule has 1 nitrogen and oxygen atoms in total. The maximum Gasteiger partial charge on any atom is 0.422 e. The highest BCUT2D eigenvalue weighted by Gasteiger charge is 2.30. The fourth-order valence-electron chi connectivity index (χ4n) is 4.48. The van der Waals surface area contributed by atoms with Gasteiger partial charge in [0.25, 0.3) is 0 Å². The normalized spacial score (nSPS) is 12.0. The van der Waals surface area contributed by atoms with Crippen LogP contribution in [0.5, 0.6) is 5.75 Å². The molecule has 4 rings (SSSR count). The van der Waals surface area contributed by atoms with Crippen LogP contribution in [-0.2, 0) is 19.3 Å². The number of alkyl halides is 3. The topological polar surface area (TPSA) is 9.23 Å². The van der Waals surface area contributed by atoms with Crippen LogP contribution in [0.1, 0.15) is 30.0 Å². The van der Waals surface area contributed by atoms with E-state index in [-0.39, 0.29) is 40.5 Å². The van der Waals surface area contributed by atoms with Gasteiger partial charge < -0.3 is 4.74 Å². The van der Waals surface area contributed by atoms with Gasteiger partial charge in [-0.15, -0.1) is 0 Å². The van der Waals surface area contributed by atoms with Crippen LogP contribution in [0, 0.1) is 29.1 Å². The SMILES string of the molecule is C/C=C/CCc1cc(F)c(-c2ccc3c(F)c(CCc4cc(F)c(OCC(F)(F)F)c(F)c4)ccc3c2)c(F)c1. The van der Waals surface area contributed by atoms with Crippen molar-refractivity contribution in [2.45, 2.75) is 38.8 Å². The van der Waals surface area contributed by atoms with Crippen molar-refractivity contribution in [3.8, 4) is 16.9 Å². The van der Waals surface area contributed by atoms with Gasteiger partial charge in [-0.05, 0) is 90.6 Å². The third-order valence-electron chi connectivity index (χ3n) is 6.38. The Morgan fingerprint density at radius 1 is 0.725 bits per heavy atom. The molecule has 0 aliphatic heterocycles. The predicted molar refractivity (Wildman–Crippen MR) is 138 cm³/mol. The van der Waals surface area contributed by atoms with Crippen LogP contribution in [-0.4, -0.2) is 12.8 Å². The summed E-state index contributed by atoms with van der Waals surface area (Å²) in [5.41, 5.74) is 0.878. The first kappa shape index (κ1) is 29.1. The summed E-state index contributed by atoms with van der Waals surface area (Å²) in [6.07, 6.45) is 0.161. The van der Waals surface area contributed by atoms with E-state index in [1.165, 1.54) is 36.4 Å². The molecule has 0 fully saturated rings. The van der Waals surface area contributed by atoms with Crippen molar-refractivity contribution in [1.29, 1.82) is 0 Å². The van der Waals surface area contributed by atoms with Gasteiger partial charge >= 0.3 is 6.18 Å². The molecule has 0 N–H and O–H groups in total. The van der Waals surface area contributed by atoms with Crippen LogP contribution < -0.4 is 4.74 Å². The summed E-state index contributed by atoms with van der Waals surface area (Å²) in [6.45, 7) is 0.0197. The highest BCUT2D eigenvalue weighted by molar-refractivity contribution is 5.88. The molecule has 0 amide bonds. The van der Waals surface area contributed by atoms with Crippen molar-refractivity contribution >= 4 is 10.8 Å². The Hall–Kier alpha value is -3.88. The molecule has 4 aromatic carbocycles. The summed E-state index contributed by atoms with van der Waals surface area (Å²) in [7, 11) is 0. The van der Waals surface area contributed by atoms with E-state index in [9.17, 15) is 30.7 Å². The highest BCUT2D eigenvalue weighted by atomic mass is 19.4. The maximum absolute atomic E-state index is 15.3. The van der Waals surface area contributed by atoms with Crippen molar-refractivity contribution in [3.63, 3.8) is 0 Å². The number of hydrogen-bond acceptors (Lipinski definition) is 1. The Morgan fingerprint density at radius 3 is 1.98 bits per heavy atom. The number of fused-ring (bicyclic) bond motifs is 1. The van der Waals surface area contributed by atoms with Crippen LogP contribution in [0.4, 0.5) is 35.1 Å². The second-order valence-corrected chi connectivity index (χ2v) is 9.31. The van der Waals surface area contributed by atoms with E-state index in [0.717, 1.165) is 12.1 Å². The minimum Gasteiger partial charge on any atom is -0.478 e. The Bertz CT molecular complexity index is 1510. The molecule has 0 aliphatic rings. The first-order valence-corrected chi connectivity index (χ1v) is 12.4. The van der Waals surface area contributed by atoms with Crippen molar-refractivity contribution in [1.82, 2.24) is 0 Å². The molecule has 4 aromatic rings. The van der Waals surface area contributed by atoms with E-state index in [0.29, 0.717) is 23.8 Å². The highest BCUT2D eigenvalue weighted by Crippen LogP contribution is 2.32. The van der Waals surface area contributed by atoms with Gasteiger partial charge in [0.2, 0.25) is 0 Å². The molecule has 0 spiro atoms. The van der Waals surface area contributed by atoms with Gasteiger partial charge in [0.15, 0.2) is 24.0 Å². The molecule has 0 saturated carbocycles. The van der Waals surface area contributed by atoms with E-state index in [1.807, 2.05) is 19.1 Å². The van der Waals surface area contributed by atoms with E-state index in [2.05, 4.69) is 4.74 Å². The molecule has 0 atom stereocenters. The van der Waals surface area contributed by atoms with Gasteiger partial charge in [-0.2, -0.15) is 13.2 Å². The maximum atomic E-state index is 15.3. The fourth-order valence-corrected chi connectivity index (χ4v) is 4.48. The molecular formula is C31H24F8O. The van der Waals surface area contributed by atoms with Crippen molar-refractivity contribution < 1.29 is 39.9 Å². The number of ether oxygens (including phenoxy) is 1. The largest absolute Gasteiger partial charge is 0.478 e. The number of benzene rings is 4. The molecule has 0 saturated heterocycles. The summed E-state index contributed by atoms with van der Waals surface area (Å²) in [5.74, 6) is -5.77. The summed E-state index contributed by atoms with van der Waals surface area (Å²) in [5, 5.41) is 0.594. The lowest BCUT2D eigenvalue weighted by Crippen LogP contribution is -2.20. The van der Waals surface area contributed by atoms with Crippen LogP contribution in [0.15, 0.2) is 66.7 Å². The second kappa shape index (κ2) is 12.1. The summed E-state index contributed by atoms with van der Waals surface area (Å²) < 4.78 is 114. The Labute approximate surface area is 225 Å². The zero-order chi connectivity index (χ0) is 29.0. The average Bonchev–Trinajstić information content (AvgIpc) is 2.87. The van der Waals surface area contributed by atoms with Crippen molar-refractivity contribution in [2.75, 3.05) is 6.61 Å². The minimum absolute atomic E-state index is 0.00921. The summed E-state index contributed by atoms with van der Waals surface area (Å²) in [6, 6.07) is 11.6. The van der Waals surface area contributed by atoms with Gasteiger partial charge in [-0.25, -0.2) is 22.0 Å². The smallest absolute Gasteiger partial charge is 0.422 e. The molecule has 0 bridgehead atoms. The van der Waals surface area contributed by atoms with Gasteiger partial charge in [-0.3, -0.25) is 0 Å². The molecule has 0 radical (unpaired) electrons. The van der Waals surface area contributed by atoms with E-state index >= 15 is 4.39 Å². The number of rotatable bonds is 9. The Morgan fingerprint density at radius 2 is 1.35 bits per heavy atom. The second-order valence-electron chi connectivity index (χ2n) is 9.31. The van der Waals surface area contributed by atoms with E-state index < -0.39 is 47.6 Å². The zero-order valence-electron chi connectivity index (χ0n) is 21.3. The standard InChI is InChI=1S/C31H24F8O/c1-2-3-4-5-18-12-24(32)28(25(33)13-18)22-10-11-23-21(16-22)9-8-20(29(23)36)7-6-19-14-26(34)30(27(35)15-19)40-17-31(37,38)39/h2-3,8-16H,4-7,17H2,1H3/b3-2+. The molecule has 9 heteroatoms. The third-order valence-corrected chi connectivity index (χ3v) is 6.38. The van der Waals surface area contributed by atoms with Crippen molar-refractivity contribution in [3.05, 3.63) is 113 Å². The molecule has 0 unspecified atom stereocenters. The monoisotopic (exact) mass is 564 g/mol. The lowest BCUT2D eigenvalue weighted by molar-refractivity contribution is -0.154. The molecule has 40 heavy (non-hydrogen) atoms. The Balaban J connectivity index is 1.53. The molecule has 0 heterocycles. The van der Waals surface area contributed by atoms with Crippen LogP contribution in [0.25, 0.3) is 21.9 Å². The zero-order valence-corrected chi connectivity index (χ0v) is 21.3. The van der Waals surface area contributed by atoms with Gasteiger partial charge in [0.05, 0.1) is 5.56 Å².